The number of ether oxygens (including phenoxy) is 2. The number of rotatable bonds is 6. The highest BCUT2D eigenvalue weighted by Crippen LogP contribution is 2.49. The van der Waals surface area contributed by atoms with Crippen LogP contribution in [-0.2, 0) is 9.53 Å². The number of benzene rings is 2. The van der Waals surface area contributed by atoms with Gasteiger partial charge in [0.05, 0.1) is 19.8 Å². The van der Waals surface area contributed by atoms with E-state index in [1.165, 1.54) is 4.90 Å². The Bertz CT molecular complexity index is 1540. The summed E-state index contributed by atoms with van der Waals surface area (Å²) in [5, 5.41) is 15.9. The molecule has 0 bridgehead atoms. The highest BCUT2D eigenvalue weighted by atomic mass is 19.3. The predicted molar refractivity (Wildman–Crippen MR) is 152 cm³/mol. The van der Waals surface area contributed by atoms with Crippen LogP contribution in [0.2, 0.25) is 0 Å². The summed E-state index contributed by atoms with van der Waals surface area (Å²) in [6, 6.07) is 15.5. The number of dihydropyridines is 1. The summed E-state index contributed by atoms with van der Waals surface area (Å²) in [5.41, 5.74) is 5.23. The lowest BCUT2D eigenvalue weighted by Gasteiger charge is -2.41. The molecule has 3 aromatic rings. The second-order valence-electron chi connectivity index (χ2n) is 11.5. The lowest BCUT2D eigenvalue weighted by atomic mass is 9.71. The molecule has 3 heterocycles. The minimum Gasteiger partial charge on any atom is -0.496 e. The number of aliphatic hydroxyl groups is 1. The van der Waals surface area contributed by atoms with Gasteiger partial charge in [-0.3, -0.25) is 9.69 Å². The third-order valence-electron chi connectivity index (χ3n) is 8.53. The first-order valence-corrected chi connectivity index (χ1v) is 14.0. The third kappa shape index (κ3) is 5.18. The standard InChI is InChI=1S/C32H35F2N3O4/c1-18-28(31(39)41-20-15-32(33,34)17-37(2)16-20)29(23-8-6-9-24-22(23)11-12-35-24)30-25(36-18)13-19(14-26(30)38)21-7-4-5-10-27(21)40-3/h4-12,19-20,29,31,35-36,39H,13-17H2,1-3H3/t19-,20-,29-,31?/m1/s1. The van der Waals surface area contributed by atoms with Crippen molar-refractivity contribution >= 4 is 16.7 Å². The fraction of sp³-hybridized carbons (Fsp3) is 0.406. The largest absolute Gasteiger partial charge is 0.496 e. The Morgan fingerprint density at radius 3 is 2.66 bits per heavy atom. The van der Waals surface area contributed by atoms with E-state index in [1.807, 2.05) is 61.7 Å². The molecule has 9 heteroatoms. The number of fused-ring (bicyclic) bond motifs is 1. The molecule has 3 aliphatic rings. The number of Topliss-reactive ketones (excluding diaryl/α,β-unsaturated/α-hetero) is 1. The minimum absolute atomic E-state index is 0.0340. The van der Waals surface area contributed by atoms with Gasteiger partial charge in [-0.1, -0.05) is 30.3 Å². The first-order valence-electron chi connectivity index (χ1n) is 14.0. The molecule has 1 aromatic heterocycles. The number of nitrogens with one attached hydrogen (secondary N) is 2. The van der Waals surface area contributed by atoms with E-state index in [0.717, 1.165) is 33.5 Å². The number of carbonyl (C=O) groups excluding carboxylic acids is 1. The average molecular weight is 564 g/mol. The Labute approximate surface area is 237 Å². The molecule has 1 saturated heterocycles. The number of carbonyl (C=O) groups is 1. The van der Waals surface area contributed by atoms with Crippen LogP contribution in [0.4, 0.5) is 8.78 Å². The number of hydrogen-bond acceptors (Lipinski definition) is 6. The van der Waals surface area contributed by atoms with Gasteiger partial charge >= 0.3 is 0 Å². The van der Waals surface area contributed by atoms with Gasteiger partial charge in [0, 0.05) is 70.9 Å². The van der Waals surface area contributed by atoms with Crippen LogP contribution in [0.3, 0.4) is 0 Å². The van der Waals surface area contributed by atoms with Crippen LogP contribution in [0.1, 0.15) is 49.1 Å². The van der Waals surface area contributed by atoms with Crippen molar-refractivity contribution in [3.63, 3.8) is 0 Å². The van der Waals surface area contributed by atoms with E-state index < -0.39 is 30.7 Å². The fourth-order valence-electron chi connectivity index (χ4n) is 6.91. The second-order valence-corrected chi connectivity index (χ2v) is 11.5. The molecule has 0 saturated carbocycles. The molecule has 0 amide bonds. The number of piperidine rings is 1. The maximum Gasteiger partial charge on any atom is 0.263 e. The lowest BCUT2D eigenvalue weighted by molar-refractivity contribution is -0.173. The molecule has 2 aliphatic heterocycles. The van der Waals surface area contributed by atoms with Gasteiger partial charge in [0.2, 0.25) is 0 Å². The van der Waals surface area contributed by atoms with Crippen LogP contribution in [0.5, 0.6) is 5.75 Å². The first kappa shape index (κ1) is 27.6. The van der Waals surface area contributed by atoms with Crippen LogP contribution in [0, 0.1) is 0 Å². The molecular weight excluding hydrogens is 528 g/mol. The molecule has 2 aromatic carbocycles. The van der Waals surface area contributed by atoms with Crippen LogP contribution in [0.25, 0.3) is 10.9 Å². The zero-order chi connectivity index (χ0) is 28.9. The van der Waals surface area contributed by atoms with Gasteiger partial charge in [-0.15, -0.1) is 0 Å². The van der Waals surface area contributed by atoms with Crippen LogP contribution in [-0.4, -0.2) is 66.3 Å². The number of likely N-dealkylation sites (tertiary alicyclic amines) is 1. The van der Waals surface area contributed by atoms with Crippen molar-refractivity contribution in [2.45, 2.75) is 56.3 Å². The minimum atomic E-state index is -2.91. The molecule has 0 spiro atoms. The first-order chi connectivity index (χ1) is 19.6. The van der Waals surface area contributed by atoms with Crippen LogP contribution < -0.4 is 10.1 Å². The summed E-state index contributed by atoms with van der Waals surface area (Å²) in [6.45, 7) is 1.77. The molecule has 41 heavy (non-hydrogen) atoms. The van der Waals surface area contributed by atoms with Crippen molar-refractivity contribution in [2.24, 2.45) is 0 Å². The van der Waals surface area contributed by atoms with E-state index in [-0.39, 0.29) is 31.2 Å². The number of aromatic nitrogens is 1. The molecule has 4 atom stereocenters. The summed E-state index contributed by atoms with van der Waals surface area (Å²) < 4.78 is 40.3. The second kappa shape index (κ2) is 10.7. The Kier molecular flexibility index (Phi) is 7.21. The topological polar surface area (TPSA) is 86.8 Å². The van der Waals surface area contributed by atoms with Crippen LogP contribution in [0.15, 0.2) is 77.3 Å². The van der Waals surface area contributed by atoms with E-state index in [1.54, 1.807) is 14.2 Å². The maximum atomic E-state index is 14.4. The van der Waals surface area contributed by atoms with Gasteiger partial charge < -0.3 is 24.9 Å². The molecule has 7 nitrogen and oxygen atoms in total. The number of halogens is 2. The Morgan fingerprint density at radius 1 is 1.10 bits per heavy atom. The maximum absolute atomic E-state index is 14.4. The molecule has 1 fully saturated rings. The molecule has 3 N–H and O–H groups in total. The molecule has 6 rings (SSSR count). The SMILES string of the molecule is COc1ccccc1[C@H]1CC(=O)C2=C(C1)NC(C)=C(C(O)O[C@H]1CN(C)CC(F)(F)C1)[C@H]2c1cccc2[nH]ccc12. The summed E-state index contributed by atoms with van der Waals surface area (Å²) in [7, 11) is 3.24. The van der Waals surface area contributed by atoms with Gasteiger partial charge in [-0.25, -0.2) is 8.78 Å². The number of methoxy groups -OCH3 is 1. The van der Waals surface area contributed by atoms with E-state index >= 15 is 0 Å². The predicted octanol–water partition coefficient (Wildman–Crippen LogP) is 5.21. The van der Waals surface area contributed by atoms with E-state index in [2.05, 4.69) is 10.3 Å². The number of allylic oxidation sites excluding steroid dienone is 3. The zero-order valence-corrected chi connectivity index (χ0v) is 23.4. The monoisotopic (exact) mass is 563 g/mol. The average Bonchev–Trinajstić information content (AvgIpc) is 3.40. The smallest absolute Gasteiger partial charge is 0.263 e. The number of aliphatic hydroxyl groups excluding tert-OH is 1. The van der Waals surface area contributed by atoms with Crippen molar-refractivity contribution < 1.29 is 28.2 Å². The Balaban J connectivity index is 1.41. The van der Waals surface area contributed by atoms with Gasteiger partial charge in [-0.2, -0.15) is 0 Å². The van der Waals surface area contributed by atoms with Gasteiger partial charge in [0.25, 0.3) is 5.92 Å². The number of nitrogens with zero attached hydrogens (tertiary/aromatic N) is 1. The summed E-state index contributed by atoms with van der Waals surface area (Å²) in [4.78, 5) is 18.8. The van der Waals surface area contributed by atoms with E-state index in [9.17, 15) is 18.7 Å². The van der Waals surface area contributed by atoms with Crippen molar-refractivity contribution in [1.82, 2.24) is 15.2 Å². The summed E-state index contributed by atoms with van der Waals surface area (Å²) in [6.07, 6.45) is -0.114. The molecule has 0 radical (unpaired) electrons. The zero-order valence-electron chi connectivity index (χ0n) is 23.4. The third-order valence-corrected chi connectivity index (χ3v) is 8.53. The summed E-state index contributed by atoms with van der Waals surface area (Å²) >= 11 is 0. The number of ketones is 1. The number of aromatic amines is 1. The summed E-state index contributed by atoms with van der Waals surface area (Å²) in [5.74, 6) is -2.89. The quantitative estimate of drug-likeness (QED) is 0.357. The van der Waals surface area contributed by atoms with Gasteiger partial charge in [0.15, 0.2) is 12.1 Å². The lowest BCUT2D eigenvalue weighted by Crippen LogP contribution is -2.49. The van der Waals surface area contributed by atoms with Gasteiger partial charge in [0.1, 0.15) is 5.75 Å². The number of hydrogen-bond donors (Lipinski definition) is 3. The number of likely N-dealkylation sites (N-methyl/N-ethyl adjacent to an activating group) is 1. The number of H-pyrrole nitrogens is 1. The molecule has 1 aliphatic carbocycles. The normalized spacial score (nSPS) is 25.7. The van der Waals surface area contributed by atoms with Gasteiger partial charge in [-0.05, 0) is 49.7 Å². The van der Waals surface area contributed by atoms with Crippen molar-refractivity contribution in [1.29, 1.82) is 0 Å². The van der Waals surface area contributed by atoms with Crippen molar-refractivity contribution in [2.75, 3.05) is 27.2 Å². The van der Waals surface area contributed by atoms with Crippen LogP contribution >= 0.6 is 0 Å². The highest BCUT2D eigenvalue weighted by molar-refractivity contribution is 6.01. The Hall–Kier alpha value is -3.53. The van der Waals surface area contributed by atoms with Crippen molar-refractivity contribution in [3.8, 4) is 5.75 Å². The van der Waals surface area contributed by atoms with Crippen molar-refractivity contribution in [3.05, 3.63) is 88.4 Å². The van der Waals surface area contributed by atoms with E-state index in [0.29, 0.717) is 23.3 Å². The van der Waals surface area contributed by atoms with E-state index in [4.69, 9.17) is 9.47 Å². The molecule has 1 unspecified atom stereocenters. The highest BCUT2D eigenvalue weighted by Gasteiger charge is 2.44. The Morgan fingerprint density at radius 2 is 1.88 bits per heavy atom. The number of para-hydroxylation sites is 1. The molecule has 216 valence electrons. The molecular formula is C32H35F2N3O4. The number of alkyl halides is 2. The fourth-order valence-corrected chi connectivity index (χ4v) is 6.91.